The summed E-state index contributed by atoms with van der Waals surface area (Å²) in [6.45, 7) is 4.79. The van der Waals surface area contributed by atoms with Crippen molar-refractivity contribution in [3.05, 3.63) is 58.1 Å². The lowest BCUT2D eigenvalue weighted by Gasteiger charge is -2.26. The highest BCUT2D eigenvalue weighted by Gasteiger charge is 2.19. The summed E-state index contributed by atoms with van der Waals surface area (Å²) < 4.78 is 49.8. The maximum Gasteiger partial charge on any atom is 0.437 e. The van der Waals surface area contributed by atoms with Crippen molar-refractivity contribution in [2.24, 2.45) is 0 Å². The molecular weight excluding hydrogens is 556 g/mol. The van der Waals surface area contributed by atoms with Gasteiger partial charge in [0, 0.05) is 19.2 Å². The predicted octanol–water partition coefficient (Wildman–Crippen LogP) is 4.59. The van der Waals surface area contributed by atoms with Crippen LogP contribution in [0.25, 0.3) is 0 Å². The van der Waals surface area contributed by atoms with E-state index in [0.29, 0.717) is 11.4 Å². The molecular formula is C24H28ClFN5O5PS. The largest absolute Gasteiger partial charge is 0.495 e. The van der Waals surface area contributed by atoms with Crippen molar-refractivity contribution in [1.29, 1.82) is 0 Å². The molecule has 0 saturated heterocycles. The van der Waals surface area contributed by atoms with Crippen LogP contribution in [0.2, 0.25) is 5.02 Å². The van der Waals surface area contributed by atoms with Crippen LogP contribution >= 0.6 is 19.7 Å². The summed E-state index contributed by atoms with van der Waals surface area (Å²) in [6, 6.07) is 4.02. The number of aromatic nitrogens is 2. The Bertz CT molecular complexity index is 1380. The summed E-state index contributed by atoms with van der Waals surface area (Å²) >= 11 is 6.35. The molecule has 2 heterocycles. The van der Waals surface area contributed by atoms with Crippen LogP contribution in [0, 0.1) is 12.3 Å². The maximum absolute atomic E-state index is 12.8. The van der Waals surface area contributed by atoms with Crippen molar-refractivity contribution in [3.8, 4) is 18.1 Å². The Morgan fingerprint density at radius 2 is 2.13 bits per heavy atom. The van der Waals surface area contributed by atoms with E-state index < -0.39 is 25.3 Å². The van der Waals surface area contributed by atoms with Gasteiger partial charge in [0.15, 0.2) is 5.82 Å². The van der Waals surface area contributed by atoms with E-state index in [0.717, 1.165) is 19.5 Å². The van der Waals surface area contributed by atoms with Crippen LogP contribution in [0.4, 0.5) is 21.3 Å². The van der Waals surface area contributed by atoms with E-state index in [1.807, 2.05) is 25.5 Å². The molecule has 3 rings (SSSR count). The Morgan fingerprint density at radius 1 is 1.37 bits per heavy atom. The smallest absolute Gasteiger partial charge is 0.437 e. The molecule has 1 aliphatic rings. The fourth-order valence-electron chi connectivity index (χ4n) is 3.59. The Balaban J connectivity index is 1.90. The third-order valence-corrected chi connectivity index (χ3v) is 6.48. The number of terminal acetylenes is 1. The quantitative estimate of drug-likeness (QED) is 0.128. The number of benzene rings is 1. The van der Waals surface area contributed by atoms with E-state index in [2.05, 4.69) is 42.7 Å². The van der Waals surface area contributed by atoms with E-state index in [9.17, 15) is 12.3 Å². The second kappa shape index (κ2) is 13.2. The molecule has 0 aliphatic carbocycles. The van der Waals surface area contributed by atoms with Crippen LogP contribution in [-0.4, -0.2) is 63.9 Å². The number of methoxy groups -OCH3 is 1. The molecule has 14 heteroatoms. The van der Waals surface area contributed by atoms with E-state index in [1.54, 1.807) is 7.11 Å². The molecule has 204 valence electrons. The maximum atomic E-state index is 12.8. The van der Waals surface area contributed by atoms with Gasteiger partial charge >= 0.3 is 10.5 Å². The summed E-state index contributed by atoms with van der Waals surface area (Å²) in [5.74, 6) is 3.57. The van der Waals surface area contributed by atoms with Crippen molar-refractivity contribution in [3.63, 3.8) is 0 Å². The summed E-state index contributed by atoms with van der Waals surface area (Å²) in [7, 11) is -2.45. The molecule has 1 aliphatic heterocycles. The Morgan fingerprint density at radius 3 is 2.79 bits per heavy atom. The number of rotatable bonds is 11. The Hall–Kier alpha value is -2.94. The van der Waals surface area contributed by atoms with Gasteiger partial charge < -0.3 is 24.8 Å². The molecule has 0 amide bonds. The number of nitrogens with one attached hydrogen (secondary N) is 2. The minimum Gasteiger partial charge on any atom is -0.495 e. The summed E-state index contributed by atoms with van der Waals surface area (Å²) in [5, 5.41) is 6.34. The standard InChI is InChI=1S/C24H28ClFN5O5PS/c1-6-7-19(21(36-37(4)5)9-11-35-38(26,32)33)28-23-18(25)14-27-24(30-23)29-20-12-17-15-31(2)10-8-16(17)13-22(20)34-3/h1,7,9,12-14H,8,10-11,15H2,2-5H3,(H2,27,28,29,30)/b19-7+,21-9+. The normalized spacial score (nSPS) is 14.6. The number of nitrogens with zero attached hydrogens (tertiary/aromatic N) is 3. The van der Waals surface area contributed by atoms with Crippen LogP contribution in [0.15, 0.2) is 41.9 Å². The Labute approximate surface area is 228 Å². The van der Waals surface area contributed by atoms with Crippen molar-refractivity contribution in [2.45, 2.75) is 13.0 Å². The summed E-state index contributed by atoms with van der Waals surface area (Å²) in [4.78, 5) is 11.0. The molecule has 0 unspecified atom stereocenters. The molecule has 1 aromatic carbocycles. The van der Waals surface area contributed by atoms with Gasteiger partial charge in [-0.1, -0.05) is 21.4 Å². The van der Waals surface area contributed by atoms with Gasteiger partial charge in [-0.15, -0.1) is 6.42 Å². The fourth-order valence-corrected chi connectivity index (χ4v) is 4.53. The molecule has 2 aromatic rings. The average molecular weight is 584 g/mol. The van der Waals surface area contributed by atoms with Gasteiger partial charge in [-0.25, -0.2) is 9.17 Å². The summed E-state index contributed by atoms with van der Waals surface area (Å²) in [6.07, 6.45) is 10.4. The lowest BCUT2D eigenvalue weighted by atomic mass is 9.99. The lowest BCUT2D eigenvalue weighted by molar-refractivity contribution is 0.312. The third kappa shape index (κ3) is 8.55. The van der Waals surface area contributed by atoms with Gasteiger partial charge in [-0.3, -0.25) is 0 Å². The average Bonchev–Trinajstić information content (AvgIpc) is 2.83. The van der Waals surface area contributed by atoms with Crippen molar-refractivity contribution < 1.29 is 25.7 Å². The molecule has 1 aromatic heterocycles. The van der Waals surface area contributed by atoms with Crippen molar-refractivity contribution in [2.75, 3.05) is 51.3 Å². The second-order valence-corrected chi connectivity index (χ2v) is 11.6. The number of likely N-dealkylation sites (N-methyl/N-ethyl adjacent to an activating group) is 1. The lowest BCUT2D eigenvalue weighted by Crippen LogP contribution is -2.26. The molecule has 0 bridgehead atoms. The highest BCUT2D eigenvalue weighted by Crippen LogP contribution is 2.35. The SMILES string of the molecule is C#C/C=C(Nc1nc(Nc2cc3c(cc2OC)CCN(C)C3)ncc1Cl)\C(=C/COS(=O)(=O)F)OP(C)C. The zero-order chi connectivity index (χ0) is 27.9. The van der Waals surface area contributed by atoms with Crippen LogP contribution in [-0.2, 0) is 32.2 Å². The minimum atomic E-state index is -5.14. The first-order valence-electron chi connectivity index (χ1n) is 11.2. The first kappa shape index (κ1) is 29.6. The van der Waals surface area contributed by atoms with Gasteiger partial charge in [-0.05, 0) is 56.1 Å². The monoisotopic (exact) mass is 583 g/mol. The Kier molecular flexibility index (Phi) is 10.3. The van der Waals surface area contributed by atoms with Crippen LogP contribution in [0.5, 0.6) is 5.75 Å². The van der Waals surface area contributed by atoms with Gasteiger partial charge in [0.25, 0.3) is 0 Å². The van der Waals surface area contributed by atoms with E-state index >= 15 is 0 Å². The number of anilines is 3. The molecule has 0 saturated carbocycles. The zero-order valence-electron chi connectivity index (χ0n) is 21.3. The number of allylic oxidation sites excluding steroid dienone is 1. The number of hydrogen-bond donors (Lipinski definition) is 2. The van der Waals surface area contributed by atoms with Crippen molar-refractivity contribution >= 4 is 47.7 Å². The number of ether oxygens (including phenoxy) is 1. The van der Waals surface area contributed by atoms with Crippen LogP contribution in [0.1, 0.15) is 11.1 Å². The first-order chi connectivity index (χ1) is 18.0. The minimum absolute atomic E-state index is 0.132. The van der Waals surface area contributed by atoms with E-state index in [-0.39, 0.29) is 28.2 Å². The van der Waals surface area contributed by atoms with Crippen molar-refractivity contribution in [1.82, 2.24) is 14.9 Å². The predicted molar refractivity (Wildman–Crippen MR) is 148 cm³/mol. The number of fused-ring (bicyclic) bond motifs is 1. The van der Waals surface area contributed by atoms with Crippen LogP contribution < -0.4 is 15.4 Å². The second-order valence-electron chi connectivity index (χ2n) is 8.32. The molecule has 10 nitrogen and oxygen atoms in total. The number of hydrogen-bond acceptors (Lipinski definition) is 10. The van der Waals surface area contributed by atoms with Gasteiger partial charge in [0.1, 0.15) is 16.5 Å². The molecule has 2 N–H and O–H groups in total. The van der Waals surface area contributed by atoms with E-state index in [1.165, 1.54) is 29.5 Å². The van der Waals surface area contributed by atoms with Gasteiger partial charge in [0.2, 0.25) is 5.95 Å². The topological polar surface area (TPSA) is 115 Å². The number of halogens is 2. The third-order valence-electron chi connectivity index (χ3n) is 5.22. The van der Waals surface area contributed by atoms with Gasteiger partial charge in [-0.2, -0.15) is 13.4 Å². The van der Waals surface area contributed by atoms with Crippen LogP contribution in [0.3, 0.4) is 0 Å². The highest BCUT2D eigenvalue weighted by atomic mass is 35.5. The molecule has 0 radical (unpaired) electrons. The molecule has 0 spiro atoms. The molecule has 0 fully saturated rings. The van der Waals surface area contributed by atoms with Gasteiger partial charge in [0.05, 0.1) is 39.4 Å². The molecule has 38 heavy (non-hydrogen) atoms. The fraction of sp³-hybridized carbons (Fsp3) is 0.333. The first-order valence-corrected chi connectivity index (χ1v) is 15.1. The highest BCUT2D eigenvalue weighted by molar-refractivity contribution is 7.81. The van der Waals surface area contributed by atoms with E-state index in [4.69, 9.17) is 27.3 Å². The summed E-state index contributed by atoms with van der Waals surface area (Å²) in [5.41, 5.74) is 3.31. The zero-order valence-corrected chi connectivity index (χ0v) is 23.8. The molecule has 0 atom stereocenters.